The van der Waals surface area contributed by atoms with Crippen molar-refractivity contribution in [2.24, 2.45) is 5.92 Å². The predicted octanol–water partition coefficient (Wildman–Crippen LogP) is 2.94. The van der Waals surface area contributed by atoms with Gasteiger partial charge in [-0.1, -0.05) is 12.8 Å². The number of aryl methyl sites for hydroxylation is 1. The Bertz CT molecular complexity index is 495. The third-order valence-electron chi connectivity index (χ3n) is 3.61. The summed E-state index contributed by atoms with van der Waals surface area (Å²) in [5.41, 5.74) is 1.18. The first kappa shape index (κ1) is 14.8. The zero-order chi connectivity index (χ0) is 14.7. The molecule has 0 bridgehead atoms. The van der Waals surface area contributed by atoms with E-state index in [0.717, 1.165) is 17.9 Å². The maximum Gasteiger partial charge on any atom is 0.226 e. The Labute approximate surface area is 119 Å². The van der Waals surface area contributed by atoms with Gasteiger partial charge in [-0.2, -0.15) is 0 Å². The van der Waals surface area contributed by atoms with E-state index in [9.17, 15) is 9.18 Å². The monoisotopic (exact) mass is 279 g/mol. The Balaban J connectivity index is 2.11. The number of carbonyl (C=O) groups is 1. The van der Waals surface area contributed by atoms with Crippen LogP contribution in [0.1, 0.15) is 30.4 Å². The number of ether oxygens (including phenoxy) is 1. The van der Waals surface area contributed by atoms with E-state index >= 15 is 0 Å². The quantitative estimate of drug-likeness (QED) is 0.801. The molecule has 3 nitrogen and oxygen atoms in total. The van der Waals surface area contributed by atoms with Gasteiger partial charge in [-0.3, -0.25) is 4.79 Å². The fourth-order valence-electron chi connectivity index (χ4n) is 2.09. The molecule has 1 saturated carbocycles. The van der Waals surface area contributed by atoms with Crippen LogP contribution < -0.4 is 4.74 Å². The van der Waals surface area contributed by atoms with Crippen LogP contribution in [0.5, 0.6) is 5.75 Å². The van der Waals surface area contributed by atoms with E-state index < -0.39 is 0 Å². The van der Waals surface area contributed by atoms with Crippen molar-refractivity contribution in [3.8, 4) is 5.75 Å². The van der Waals surface area contributed by atoms with Crippen LogP contribution in [-0.4, -0.2) is 31.5 Å². The molecule has 0 atom stereocenters. The van der Waals surface area contributed by atoms with Crippen molar-refractivity contribution in [1.82, 2.24) is 4.90 Å². The molecule has 4 heteroatoms. The second-order valence-electron chi connectivity index (χ2n) is 5.77. The smallest absolute Gasteiger partial charge is 0.226 e. The molecule has 0 saturated heterocycles. The van der Waals surface area contributed by atoms with Crippen molar-refractivity contribution in [1.29, 1.82) is 0 Å². The van der Waals surface area contributed by atoms with Crippen LogP contribution in [0, 0.1) is 18.7 Å². The second-order valence-corrected chi connectivity index (χ2v) is 5.77. The lowest BCUT2D eigenvalue weighted by molar-refractivity contribution is -0.128. The first-order valence-electron chi connectivity index (χ1n) is 7.09. The highest BCUT2D eigenvalue weighted by molar-refractivity contribution is 5.79. The standard InChI is InChI=1S/C16H22FNO2/c1-11-8-14(17)13(10-16(19)18(2)3)15(9-11)20-7-6-12-4-5-12/h8-9,12H,4-7,10H2,1-3H3. The summed E-state index contributed by atoms with van der Waals surface area (Å²) < 4.78 is 19.8. The van der Waals surface area contributed by atoms with Crippen LogP contribution in [0.25, 0.3) is 0 Å². The first-order valence-corrected chi connectivity index (χ1v) is 7.09. The van der Waals surface area contributed by atoms with E-state index in [1.807, 2.05) is 13.0 Å². The lowest BCUT2D eigenvalue weighted by atomic mass is 10.1. The molecule has 1 aliphatic rings. The number of carbonyl (C=O) groups excluding carboxylic acids is 1. The van der Waals surface area contributed by atoms with E-state index in [0.29, 0.717) is 17.9 Å². The van der Waals surface area contributed by atoms with Gasteiger partial charge in [0, 0.05) is 19.7 Å². The van der Waals surface area contributed by atoms with Crippen molar-refractivity contribution in [3.05, 3.63) is 29.1 Å². The fraction of sp³-hybridized carbons (Fsp3) is 0.562. The molecule has 110 valence electrons. The maximum absolute atomic E-state index is 14.1. The summed E-state index contributed by atoms with van der Waals surface area (Å²) in [5, 5.41) is 0. The topological polar surface area (TPSA) is 29.5 Å². The molecular formula is C16H22FNO2. The van der Waals surface area contributed by atoms with Gasteiger partial charge in [-0.15, -0.1) is 0 Å². The summed E-state index contributed by atoms with van der Waals surface area (Å²) in [6, 6.07) is 3.26. The highest BCUT2D eigenvalue weighted by Crippen LogP contribution is 2.33. The van der Waals surface area contributed by atoms with Gasteiger partial charge in [0.1, 0.15) is 11.6 Å². The van der Waals surface area contributed by atoms with Crippen LogP contribution in [-0.2, 0) is 11.2 Å². The number of likely N-dealkylation sites (N-methyl/N-ethyl adjacent to an activating group) is 1. The van der Waals surface area contributed by atoms with Crippen LogP contribution in [0.3, 0.4) is 0 Å². The number of halogens is 1. The number of hydrogen-bond donors (Lipinski definition) is 0. The molecule has 1 fully saturated rings. The van der Waals surface area contributed by atoms with Crippen molar-refractivity contribution >= 4 is 5.91 Å². The third-order valence-corrected chi connectivity index (χ3v) is 3.61. The van der Waals surface area contributed by atoms with Gasteiger partial charge in [-0.05, 0) is 37.0 Å². The number of amides is 1. The summed E-state index contributed by atoms with van der Waals surface area (Å²) in [4.78, 5) is 13.3. The highest BCUT2D eigenvalue weighted by atomic mass is 19.1. The lowest BCUT2D eigenvalue weighted by Crippen LogP contribution is -2.24. The predicted molar refractivity (Wildman–Crippen MR) is 76.4 cm³/mol. The molecule has 0 N–H and O–H groups in total. The molecule has 0 aromatic heterocycles. The zero-order valence-corrected chi connectivity index (χ0v) is 12.4. The van der Waals surface area contributed by atoms with Crippen molar-refractivity contribution in [2.45, 2.75) is 32.6 Å². The summed E-state index contributed by atoms with van der Waals surface area (Å²) in [6.45, 7) is 2.42. The van der Waals surface area contributed by atoms with Crippen LogP contribution in [0.2, 0.25) is 0 Å². The summed E-state index contributed by atoms with van der Waals surface area (Å²) in [7, 11) is 3.34. The van der Waals surface area contributed by atoms with Gasteiger partial charge in [0.05, 0.1) is 13.0 Å². The van der Waals surface area contributed by atoms with Gasteiger partial charge in [0.2, 0.25) is 5.91 Å². The highest BCUT2D eigenvalue weighted by Gasteiger charge is 2.21. The summed E-state index contributed by atoms with van der Waals surface area (Å²) in [6.07, 6.45) is 3.60. The number of nitrogens with zero attached hydrogens (tertiary/aromatic N) is 1. The number of rotatable bonds is 6. The molecular weight excluding hydrogens is 257 g/mol. The van der Waals surface area contributed by atoms with Gasteiger partial charge in [0.25, 0.3) is 0 Å². The van der Waals surface area contributed by atoms with E-state index in [-0.39, 0.29) is 18.1 Å². The molecule has 20 heavy (non-hydrogen) atoms. The number of hydrogen-bond acceptors (Lipinski definition) is 2. The van der Waals surface area contributed by atoms with Gasteiger partial charge < -0.3 is 9.64 Å². The summed E-state index contributed by atoms with van der Waals surface area (Å²) in [5.74, 6) is 0.802. The average Bonchev–Trinajstić information content (AvgIpc) is 3.17. The summed E-state index contributed by atoms with van der Waals surface area (Å²) >= 11 is 0. The molecule has 1 aromatic carbocycles. The molecule has 0 spiro atoms. The molecule has 2 rings (SSSR count). The number of benzene rings is 1. The molecule has 1 aromatic rings. The molecule has 0 heterocycles. The van der Waals surface area contributed by atoms with Crippen LogP contribution in [0.15, 0.2) is 12.1 Å². The normalized spacial score (nSPS) is 14.2. The second kappa shape index (κ2) is 6.25. The molecule has 0 aliphatic heterocycles. The minimum absolute atomic E-state index is 0.0396. The van der Waals surface area contributed by atoms with Crippen molar-refractivity contribution < 1.29 is 13.9 Å². The maximum atomic E-state index is 14.1. The van der Waals surface area contributed by atoms with Crippen molar-refractivity contribution in [2.75, 3.05) is 20.7 Å². The van der Waals surface area contributed by atoms with E-state index in [1.165, 1.54) is 23.8 Å². The van der Waals surface area contributed by atoms with Crippen molar-refractivity contribution in [3.63, 3.8) is 0 Å². The largest absolute Gasteiger partial charge is 0.493 e. The van der Waals surface area contributed by atoms with Gasteiger partial charge in [-0.25, -0.2) is 4.39 Å². The Morgan fingerprint density at radius 2 is 2.10 bits per heavy atom. The Morgan fingerprint density at radius 1 is 1.40 bits per heavy atom. The first-order chi connectivity index (χ1) is 9.47. The van der Waals surface area contributed by atoms with E-state index in [2.05, 4.69) is 0 Å². The molecule has 0 unspecified atom stereocenters. The van der Waals surface area contributed by atoms with Gasteiger partial charge in [0.15, 0.2) is 0 Å². The molecule has 1 aliphatic carbocycles. The fourth-order valence-corrected chi connectivity index (χ4v) is 2.09. The Morgan fingerprint density at radius 3 is 2.70 bits per heavy atom. The van der Waals surface area contributed by atoms with Crippen LogP contribution in [0.4, 0.5) is 4.39 Å². The van der Waals surface area contributed by atoms with E-state index in [4.69, 9.17) is 4.74 Å². The van der Waals surface area contributed by atoms with Crippen LogP contribution >= 0.6 is 0 Å². The molecule has 1 amide bonds. The minimum atomic E-state index is -0.360. The zero-order valence-electron chi connectivity index (χ0n) is 12.4. The Kier molecular flexibility index (Phi) is 4.63. The average molecular weight is 279 g/mol. The lowest BCUT2D eigenvalue weighted by Gasteiger charge is -2.15. The third kappa shape index (κ3) is 3.95. The minimum Gasteiger partial charge on any atom is -0.493 e. The van der Waals surface area contributed by atoms with Gasteiger partial charge >= 0.3 is 0 Å². The Hall–Kier alpha value is -1.58. The molecule has 0 radical (unpaired) electrons. The van der Waals surface area contributed by atoms with E-state index in [1.54, 1.807) is 14.1 Å². The SMILES string of the molecule is Cc1cc(F)c(CC(=O)N(C)C)c(OCCC2CC2)c1.